The summed E-state index contributed by atoms with van der Waals surface area (Å²) in [6, 6.07) is 78.7. The highest BCUT2D eigenvalue weighted by molar-refractivity contribution is 6.15. The van der Waals surface area contributed by atoms with Crippen molar-refractivity contribution in [1.29, 1.82) is 0 Å². The predicted molar refractivity (Wildman–Crippen MR) is 249 cm³/mol. The minimum Gasteiger partial charge on any atom is -0.456 e. The molecule has 0 fully saturated rings. The van der Waals surface area contributed by atoms with E-state index < -0.39 is 0 Å². The Bertz CT molecular complexity index is 3540. The molecule has 0 aliphatic rings. The Labute approximate surface area is 341 Å². The fourth-order valence-electron chi connectivity index (χ4n) is 9.27. The Morgan fingerprint density at radius 2 is 0.915 bits per heavy atom. The largest absolute Gasteiger partial charge is 0.456 e. The van der Waals surface area contributed by atoms with E-state index >= 15 is 0 Å². The van der Waals surface area contributed by atoms with Gasteiger partial charge in [-0.15, -0.1) is 0 Å². The van der Waals surface area contributed by atoms with E-state index in [0.717, 1.165) is 50.3 Å². The van der Waals surface area contributed by atoms with E-state index in [1.807, 2.05) is 12.1 Å². The normalized spacial score (nSPS) is 11.7. The molecule has 59 heavy (non-hydrogen) atoms. The highest BCUT2D eigenvalue weighted by Gasteiger charge is 2.19. The van der Waals surface area contributed by atoms with Crippen molar-refractivity contribution in [3.8, 4) is 27.9 Å². The number of nitrogens with zero attached hydrogens (tertiary/aromatic N) is 2. The van der Waals surface area contributed by atoms with Crippen LogP contribution in [0.5, 0.6) is 0 Å². The van der Waals surface area contributed by atoms with Crippen LogP contribution in [-0.2, 0) is 0 Å². The number of aromatic nitrogens is 1. The summed E-state index contributed by atoms with van der Waals surface area (Å²) in [5.41, 5.74) is 13.3. The number of benzene rings is 10. The van der Waals surface area contributed by atoms with Crippen molar-refractivity contribution >= 4 is 82.4 Å². The van der Waals surface area contributed by atoms with Crippen molar-refractivity contribution in [3.63, 3.8) is 0 Å². The lowest BCUT2D eigenvalue weighted by molar-refractivity contribution is 0.669. The predicted octanol–water partition coefficient (Wildman–Crippen LogP) is 15.8. The van der Waals surface area contributed by atoms with Crippen LogP contribution in [-0.4, -0.2) is 4.57 Å². The van der Waals surface area contributed by atoms with Crippen LogP contribution in [0.4, 0.5) is 17.1 Å². The van der Waals surface area contributed by atoms with Crippen molar-refractivity contribution in [1.82, 2.24) is 4.57 Å². The van der Waals surface area contributed by atoms with Crippen LogP contribution >= 0.6 is 0 Å². The quantitative estimate of drug-likeness (QED) is 0.158. The van der Waals surface area contributed by atoms with Crippen LogP contribution in [0.15, 0.2) is 223 Å². The van der Waals surface area contributed by atoms with Gasteiger partial charge in [0.05, 0.1) is 11.0 Å². The van der Waals surface area contributed by atoms with Crippen LogP contribution in [0.25, 0.3) is 93.2 Å². The highest BCUT2D eigenvalue weighted by atomic mass is 16.3. The topological polar surface area (TPSA) is 21.3 Å². The summed E-state index contributed by atoms with van der Waals surface area (Å²) in [6.07, 6.45) is 0. The van der Waals surface area contributed by atoms with Gasteiger partial charge in [0.25, 0.3) is 0 Å². The van der Waals surface area contributed by atoms with E-state index in [2.05, 4.69) is 216 Å². The molecule has 0 spiro atoms. The smallest absolute Gasteiger partial charge is 0.135 e. The van der Waals surface area contributed by atoms with Gasteiger partial charge in [0.1, 0.15) is 11.2 Å². The highest BCUT2D eigenvalue weighted by Crippen LogP contribution is 2.43. The van der Waals surface area contributed by atoms with E-state index in [0.29, 0.717) is 0 Å². The molecular weight excluding hydrogens is 717 g/mol. The molecule has 3 nitrogen and oxygen atoms in total. The van der Waals surface area contributed by atoms with Gasteiger partial charge in [-0.3, -0.25) is 0 Å². The molecule has 2 heterocycles. The van der Waals surface area contributed by atoms with Gasteiger partial charge < -0.3 is 13.9 Å². The molecular formula is C56H36N2O. The van der Waals surface area contributed by atoms with Gasteiger partial charge >= 0.3 is 0 Å². The van der Waals surface area contributed by atoms with Crippen molar-refractivity contribution < 1.29 is 4.42 Å². The Morgan fingerprint density at radius 1 is 0.339 bits per heavy atom. The number of fused-ring (bicyclic) bond motifs is 9. The first-order chi connectivity index (χ1) is 29.3. The van der Waals surface area contributed by atoms with Crippen molar-refractivity contribution in [3.05, 3.63) is 218 Å². The van der Waals surface area contributed by atoms with Crippen LogP contribution in [0.3, 0.4) is 0 Å². The van der Waals surface area contributed by atoms with Crippen LogP contribution in [0.2, 0.25) is 0 Å². The van der Waals surface area contributed by atoms with Gasteiger partial charge in [0, 0.05) is 49.9 Å². The van der Waals surface area contributed by atoms with Crippen molar-refractivity contribution in [2.45, 2.75) is 0 Å². The first kappa shape index (κ1) is 33.3. The fraction of sp³-hybridized carbons (Fsp3) is 0. The van der Waals surface area contributed by atoms with E-state index in [9.17, 15) is 0 Å². The molecule has 0 unspecified atom stereocenters. The molecule has 0 aliphatic heterocycles. The number of hydrogen-bond donors (Lipinski definition) is 0. The number of rotatable bonds is 6. The number of anilines is 3. The first-order valence-electron chi connectivity index (χ1n) is 20.2. The molecule has 0 radical (unpaired) electrons. The van der Waals surface area contributed by atoms with E-state index in [1.165, 1.54) is 60.0 Å². The Balaban J connectivity index is 1.01. The molecule has 0 aliphatic carbocycles. The summed E-state index contributed by atoms with van der Waals surface area (Å²) < 4.78 is 8.68. The second-order valence-corrected chi connectivity index (χ2v) is 15.3. The second kappa shape index (κ2) is 13.4. The van der Waals surface area contributed by atoms with Gasteiger partial charge in [-0.05, 0) is 111 Å². The molecule has 0 atom stereocenters. The molecule has 0 saturated carbocycles. The van der Waals surface area contributed by atoms with Crippen LogP contribution < -0.4 is 4.90 Å². The Hall–Kier alpha value is -7.88. The fourth-order valence-corrected chi connectivity index (χ4v) is 9.27. The third-order valence-electron chi connectivity index (χ3n) is 12.0. The van der Waals surface area contributed by atoms with E-state index in [-0.39, 0.29) is 0 Å². The SMILES string of the molecule is c1ccc(-n2c3ccccc3c3cccc(-c4ccc(N(c5ccc(-c6cc7ccccc7c7ccccc67)cc5)c5ccc6oc7ccccc7c6c5)cc4)c32)cc1. The van der Waals surface area contributed by atoms with E-state index in [4.69, 9.17) is 4.42 Å². The summed E-state index contributed by atoms with van der Waals surface area (Å²) >= 11 is 0. The molecule has 0 N–H and O–H groups in total. The van der Waals surface area contributed by atoms with E-state index in [1.54, 1.807) is 0 Å². The zero-order chi connectivity index (χ0) is 38.9. The summed E-state index contributed by atoms with van der Waals surface area (Å²) in [7, 11) is 0. The average Bonchev–Trinajstić information content (AvgIpc) is 3.85. The minimum absolute atomic E-state index is 0.880. The molecule has 2 aromatic heterocycles. The second-order valence-electron chi connectivity index (χ2n) is 15.3. The number of furan rings is 1. The van der Waals surface area contributed by atoms with Gasteiger partial charge in [-0.2, -0.15) is 0 Å². The number of para-hydroxylation sites is 4. The molecule has 12 aromatic rings. The lowest BCUT2D eigenvalue weighted by Crippen LogP contribution is -2.09. The van der Waals surface area contributed by atoms with Gasteiger partial charge in [-0.25, -0.2) is 0 Å². The summed E-state index contributed by atoms with van der Waals surface area (Å²) in [5, 5.41) is 9.74. The summed E-state index contributed by atoms with van der Waals surface area (Å²) in [5.74, 6) is 0. The maximum absolute atomic E-state index is 6.27. The van der Waals surface area contributed by atoms with Crippen LogP contribution in [0, 0.1) is 0 Å². The maximum atomic E-state index is 6.27. The molecule has 10 aromatic carbocycles. The molecule has 0 saturated heterocycles. The molecule has 0 amide bonds. The third kappa shape index (κ3) is 5.36. The monoisotopic (exact) mass is 752 g/mol. The molecule has 12 rings (SSSR count). The van der Waals surface area contributed by atoms with Gasteiger partial charge in [0.2, 0.25) is 0 Å². The van der Waals surface area contributed by atoms with Gasteiger partial charge in [0.15, 0.2) is 0 Å². The van der Waals surface area contributed by atoms with Gasteiger partial charge in [-0.1, -0.05) is 146 Å². The zero-order valence-electron chi connectivity index (χ0n) is 32.1. The Kier molecular flexibility index (Phi) is 7.54. The lowest BCUT2D eigenvalue weighted by atomic mass is 9.93. The first-order valence-corrected chi connectivity index (χ1v) is 20.2. The molecule has 3 heteroatoms. The standard InChI is InChI=1S/C56H36N2O/c1-2-14-40(15-3-1)58-53-23-10-8-19-48(53)50-22-12-21-45(56(50)58)37-25-29-41(30-26-37)57(43-33-34-55-52(36-43)49-20-9-11-24-54(49)59-55)42-31-27-38(28-32-42)51-35-39-13-4-5-16-44(39)46-17-6-7-18-47(46)51/h1-36H. The summed E-state index contributed by atoms with van der Waals surface area (Å²) in [6.45, 7) is 0. The summed E-state index contributed by atoms with van der Waals surface area (Å²) in [4.78, 5) is 2.36. The van der Waals surface area contributed by atoms with Crippen LogP contribution in [0.1, 0.15) is 0 Å². The molecule has 0 bridgehead atoms. The number of hydrogen-bond acceptors (Lipinski definition) is 2. The lowest BCUT2D eigenvalue weighted by Gasteiger charge is -2.26. The Morgan fingerprint density at radius 3 is 1.69 bits per heavy atom. The van der Waals surface area contributed by atoms with Crippen molar-refractivity contribution in [2.24, 2.45) is 0 Å². The maximum Gasteiger partial charge on any atom is 0.135 e. The minimum atomic E-state index is 0.880. The average molecular weight is 753 g/mol. The van der Waals surface area contributed by atoms with Crippen molar-refractivity contribution in [2.75, 3.05) is 4.90 Å². The molecule has 276 valence electrons. The third-order valence-corrected chi connectivity index (χ3v) is 12.0. The zero-order valence-corrected chi connectivity index (χ0v) is 32.1.